The average Bonchev–Trinajstić information content (AvgIpc) is 2.54. The first-order valence-electron chi connectivity index (χ1n) is 6.56. The molecule has 0 saturated carbocycles. The van der Waals surface area contributed by atoms with E-state index >= 15 is 0 Å². The van der Waals surface area contributed by atoms with Gasteiger partial charge in [0.15, 0.2) is 0 Å². The van der Waals surface area contributed by atoms with Crippen LogP contribution in [0.1, 0.15) is 18.5 Å². The van der Waals surface area contributed by atoms with Crippen LogP contribution in [0.3, 0.4) is 0 Å². The molecule has 0 spiro atoms. The van der Waals surface area contributed by atoms with E-state index in [0.29, 0.717) is 11.7 Å². The molecular formula is C15H18N4O2. The molecule has 2 rings (SSSR count). The Labute approximate surface area is 123 Å². The lowest BCUT2D eigenvalue weighted by molar-refractivity contribution is 0.208. The van der Waals surface area contributed by atoms with E-state index in [1.807, 2.05) is 37.3 Å². The molecule has 110 valence electrons. The Morgan fingerprint density at radius 2 is 2.00 bits per heavy atom. The summed E-state index contributed by atoms with van der Waals surface area (Å²) in [5.74, 6) is 0.804. The van der Waals surface area contributed by atoms with E-state index in [4.69, 9.17) is 4.74 Å². The molecule has 0 aliphatic heterocycles. The first kappa shape index (κ1) is 14.8. The normalized spacial score (nSPS) is 11.6. The number of ether oxygens (including phenoxy) is 1. The van der Waals surface area contributed by atoms with Crippen molar-refractivity contribution in [1.29, 1.82) is 0 Å². The summed E-state index contributed by atoms with van der Waals surface area (Å²) in [4.78, 5) is 21.7. The molecular weight excluding hydrogens is 268 g/mol. The summed E-state index contributed by atoms with van der Waals surface area (Å²) < 4.78 is 5.00. The number of hydrogen-bond donors (Lipinski definition) is 1. The predicted molar refractivity (Wildman–Crippen MR) is 80.2 cm³/mol. The minimum Gasteiger partial charge on any atom is -0.481 e. The van der Waals surface area contributed by atoms with Gasteiger partial charge in [-0.05, 0) is 12.5 Å². The highest BCUT2D eigenvalue weighted by Crippen LogP contribution is 2.19. The number of rotatable bonds is 4. The lowest BCUT2D eigenvalue weighted by Gasteiger charge is -2.25. The minimum atomic E-state index is -0.243. The molecule has 1 atom stereocenters. The number of carbonyl (C=O) groups excluding carboxylic acids is 1. The van der Waals surface area contributed by atoms with Crippen LogP contribution in [0.2, 0.25) is 0 Å². The summed E-state index contributed by atoms with van der Waals surface area (Å²) in [5, 5.41) is 2.72. The number of aromatic nitrogens is 2. The standard InChI is InChI=1S/C15H18N4O2/c1-11(12-7-5-4-6-8-12)19(2)15(20)18-13-9-14(21-3)17-10-16-13/h4-11H,1-3H3,(H,16,17,18,20). The zero-order valence-electron chi connectivity index (χ0n) is 12.3. The third kappa shape index (κ3) is 3.68. The van der Waals surface area contributed by atoms with Gasteiger partial charge in [-0.1, -0.05) is 30.3 Å². The summed E-state index contributed by atoms with van der Waals surface area (Å²) in [6.07, 6.45) is 1.34. The van der Waals surface area contributed by atoms with E-state index < -0.39 is 0 Å². The summed E-state index contributed by atoms with van der Waals surface area (Å²) in [6.45, 7) is 1.97. The van der Waals surface area contributed by atoms with Crippen molar-refractivity contribution in [1.82, 2.24) is 14.9 Å². The molecule has 0 aliphatic carbocycles. The molecule has 2 amide bonds. The second-order valence-electron chi connectivity index (χ2n) is 4.57. The van der Waals surface area contributed by atoms with E-state index in [1.54, 1.807) is 18.0 Å². The molecule has 0 saturated heterocycles. The highest BCUT2D eigenvalue weighted by Gasteiger charge is 2.17. The molecule has 1 N–H and O–H groups in total. The Morgan fingerprint density at radius 3 is 2.67 bits per heavy atom. The van der Waals surface area contributed by atoms with Gasteiger partial charge in [-0.3, -0.25) is 5.32 Å². The lowest BCUT2D eigenvalue weighted by Crippen LogP contribution is -2.33. The van der Waals surface area contributed by atoms with Crippen molar-refractivity contribution >= 4 is 11.8 Å². The monoisotopic (exact) mass is 286 g/mol. The van der Waals surface area contributed by atoms with Gasteiger partial charge in [-0.2, -0.15) is 0 Å². The van der Waals surface area contributed by atoms with E-state index in [0.717, 1.165) is 5.56 Å². The van der Waals surface area contributed by atoms with Crippen molar-refractivity contribution in [2.75, 3.05) is 19.5 Å². The topological polar surface area (TPSA) is 67.3 Å². The van der Waals surface area contributed by atoms with Gasteiger partial charge >= 0.3 is 6.03 Å². The quantitative estimate of drug-likeness (QED) is 0.938. The zero-order valence-corrected chi connectivity index (χ0v) is 12.3. The molecule has 0 fully saturated rings. The van der Waals surface area contributed by atoms with E-state index in [9.17, 15) is 4.79 Å². The fraction of sp³-hybridized carbons (Fsp3) is 0.267. The SMILES string of the molecule is COc1cc(NC(=O)N(C)C(C)c2ccccc2)ncn1. The summed E-state index contributed by atoms with van der Waals surface area (Å²) >= 11 is 0. The van der Waals surface area contributed by atoms with Crippen molar-refractivity contribution in [3.05, 3.63) is 48.3 Å². The van der Waals surface area contributed by atoms with Crippen LogP contribution in [0.4, 0.5) is 10.6 Å². The van der Waals surface area contributed by atoms with Crippen LogP contribution < -0.4 is 10.1 Å². The fourth-order valence-corrected chi connectivity index (χ4v) is 1.85. The third-order valence-corrected chi connectivity index (χ3v) is 3.27. The molecule has 0 aliphatic rings. The largest absolute Gasteiger partial charge is 0.481 e. The van der Waals surface area contributed by atoms with E-state index in [1.165, 1.54) is 13.4 Å². The molecule has 0 radical (unpaired) electrons. The number of anilines is 1. The van der Waals surface area contributed by atoms with Crippen LogP contribution in [-0.2, 0) is 0 Å². The van der Waals surface area contributed by atoms with E-state index in [-0.39, 0.29) is 12.1 Å². The Bertz CT molecular complexity index is 604. The maximum absolute atomic E-state index is 12.2. The first-order valence-corrected chi connectivity index (χ1v) is 6.56. The van der Waals surface area contributed by atoms with Crippen LogP contribution in [0, 0.1) is 0 Å². The number of urea groups is 1. The number of hydrogen-bond acceptors (Lipinski definition) is 4. The predicted octanol–water partition coefficient (Wildman–Crippen LogP) is 2.71. The number of methoxy groups -OCH3 is 1. The molecule has 21 heavy (non-hydrogen) atoms. The van der Waals surface area contributed by atoms with Gasteiger partial charge in [0.1, 0.15) is 12.1 Å². The molecule has 0 bridgehead atoms. The van der Waals surface area contributed by atoms with Crippen LogP contribution in [0.15, 0.2) is 42.7 Å². The Hall–Kier alpha value is -2.63. The van der Waals surface area contributed by atoms with Crippen LogP contribution in [0.5, 0.6) is 5.88 Å². The van der Waals surface area contributed by atoms with E-state index in [2.05, 4.69) is 15.3 Å². The Morgan fingerprint density at radius 1 is 1.29 bits per heavy atom. The number of amides is 2. The molecule has 2 aromatic rings. The fourth-order valence-electron chi connectivity index (χ4n) is 1.85. The summed E-state index contributed by atoms with van der Waals surface area (Å²) in [7, 11) is 3.25. The van der Waals surface area contributed by atoms with Gasteiger partial charge < -0.3 is 9.64 Å². The van der Waals surface area contributed by atoms with Gasteiger partial charge in [-0.25, -0.2) is 14.8 Å². The molecule has 1 aromatic carbocycles. The van der Waals surface area contributed by atoms with Gasteiger partial charge in [0, 0.05) is 13.1 Å². The van der Waals surface area contributed by atoms with Gasteiger partial charge in [0.25, 0.3) is 0 Å². The maximum atomic E-state index is 12.2. The molecule has 6 nitrogen and oxygen atoms in total. The van der Waals surface area contributed by atoms with Crippen LogP contribution in [0.25, 0.3) is 0 Å². The van der Waals surface area contributed by atoms with Crippen LogP contribution in [-0.4, -0.2) is 35.1 Å². The smallest absolute Gasteiger partial charge is 0.323 e. The van der Waals surface area contributed by atoms with Gasteiger partial charge in [0.2, 0.25) is 5.88 Å². The Kier molecular flexibility index (Phi) is 4.71. The Balaban J connectivity index is 2.05. The van der Waals surface area contributed by atoms with Crippen molar-refractivity contribution in [2.45, 2.75) is 13.0 Å². The van der Waals surface area contributed by atoms with Crippen molar-refractivity contribution in [3.8, 4) is 5.88 Å². The second kappa shape index (κ2) is 6.69. The zero-order chi connectivity index (χ0) is 15.2. The summed E-state index contributed by atoms with van der Waals surface area (Å²) in [5.41, 5.74) is 1.07. The number of nitrogens with one attached hydrogen (secondary N) is 1. The molecule has 1 unspecified atom stereocenters. The maximum Gasteiger partial charge on any atom is 0.323 e. The number of carbonyl (C=O) groups is 1. The van der Waals surface area contributed by atoms with Crippen molar-refractivity contribution in [3.63, 3.8) is 0 Å². The highest BCUT2D eigenvalue weighted by molar-refractivity contribution is 5.88. The van der Waals surface area contributed by atoms with Gasteiger partial charge in [0.05, 0.1) is 13.2 Å². The first-order chi connectivity index (χ1) is 10.1. The van der Waals surface area contributed by atoms with Crippen molar-refractivity contribution < 1.29 is 9.53 Å². The van der Waals surface area contributed by atoms with Crippen molar-refractivity contribution in [2.24, 2.45) is 0 Å². The van der Waals surface area contributed by atoms with Gasteiger partial charge in [-0.15, -0.1) is 0 Å². The van der Waals surface area contributed by atoms with Crippen LogP contribution >= 0.6 is 0 Å². The minimum absolute atomic E-state index is 0.0464. The second-order valence-corrected chi connectivity index (χ2v) is 4.57. The summed E-state index contributed by atoms with van der Waals surface area (Å²) in [6, 6.07) is 11.1. The molecule has 1 heterocycles. The highest BCUT2D eigenvalue weighted by atomic mass is 16.5. The average molecular weight is 286 g/mol. The lowest BCUT2D eigenvalue weighted by atomic mass is 10.1. The number of benzene rings is 1. The third-order valence-electron chi connectivity index (χ3n) is 3.27. The number of nitrogens with zero attached hydrogens (tertiary/aromatic N) is 3. The molecule has 1 aromatic heterocycles. The molecule has 6 heteroatoms.